The Labute approximate surface area is 117 Å². The second-order valence-corrected chi connectivity index (χ2v) is 6.27. The maximum atomic E-state index is 12.3. The van der Waals surface area contributed by atoms with Crippen LogP contribution in [0.1, 0.15) is 18.2 Å². The first-order valence-corrected chi connectivity index (χ1v) is 7.81. The number of nitrogens with zero attached hydrogens (tertiary/aromatic N) is 1. The monoisotopic (exact) mass is 288 g/mol. The van der Waals surface area contributed by atoms with Gasteiger partial charge < -0.3 is 10.2 Å². The fraction of sp³-hybridized carbons (Fsp3) is 0.714. The molecule has 5 heteroatoms. The quantitative estimate of drug-likeness (QED) is 0.866. The topological polar surface area (TPSA) is 15.3 Å². The molecular weight excluding hydrogens is 266 g/mol. The summed E-state index contributed by atoms with van der Waals surface area (Å²) in [4.78, 5) is 3.76. The molecule has 1 saturated heterocycles. The Morgan fingerprint density at radius 3 is 2.95 bits per heavy atom. The van der Waals surface area contributed by atoms with Gasteiger partial charge in [-0.3, -0.25) is 0 Å². The fourth-order valence-electron chi connectivity index (χ4n) is 2.83. The van der Waals surface area contributed by atoms with Crippen LogP contribution in [0.15, 0.2) is 17.5 Å². The molecule has 108 valence electrons. The fourth-order valence-corrected chi connectivity index (χ4v) is 3.65. The van der Waals surface area contributed by atoms with Gasteiger partial charge in [-0.25, -0.2) is 8.78 Å². The molecule has 0 aromatic carbocycles. The SMILES string of the molecule is CCN1CC(Cc2cccs2)CC(NCC(F)F)C1. The van der Waals surface area contributed by atoms with Gasteiger partial charge in [0, 0.05) is 24.0 Å². The first kappa shape index (κ1) is 14.9. The lowest BCUT2D eigenvalue weighted by Gasteiger charge is -2.37. The normalized spacial score (nSPS) is 25.1. The van der Waals surface area contributed by atoms with E-state index in [0.717, 1.165) is 32.5 Å². The Kier molecular flexibility index (Phi) is 5.73. The highest BCUT2D eigenvalue weighted by atomic mass is 32.1. The van der Waals surface area contributed by atoms with Crippen LogP contribution in [0.25, 0.3) is 0 Å². The van der Waals surface area contributed by atoms with E-state index in [2.05, 4.69) is 34.7 Å². The van der Waals surface area contributed by atoms with Crippen molar-refractivity contribution in [2.45, 2.75) is 32.2 Å². The summed E-state index contributed by atoms with van der Waals surface area (Å²) in [6.45, 7) is 4.92. The Bertz CT molecular complexity index is 356. The number of alkyl halides is 2. The molecule has 1 fully saturated rings. The van der Waals surface area contributed by atoms with Crippen LogP contribution in [-0.4, -0.2) is 43.5 Å². The van der Waals surface area contributed by atoms with Gasteiger partial charge in [-0.1, -0.05) is 13.0 Å². The molecule has 1 aromatic heterocycles. The van der Waals surface area contributed by atoms with Crippen molar-refractivity contribution in [3.05, 3.63) is 22.4 Å². The summed E-state index contributed by atoms with van der Waals surface area (Å²) >= 11 is 1.79. The minimum atomic E-state index is -2.26. The number of thiophene rings is 1. The minimum absolute atomic E-state index is 0.187. The number of likely N-dealkylation sites (N-methyl/N-ethyl adjacent to an activating group) is 1. The summed E-state index contributed by atoms with van der Waals surface area (Å²) in [7, 11) is 0. The number of likely N-dealkylation sites (tertiary alicyclic amines) is 1. The molecule has 0 bridgehead atoms. The third-order valence-corrected chi connectivity index (χ3v) is 4.59. The molecule has 2 unspecified atom stereocenters. The van der Waals surface area contributed by atoms with Gasteiger partial charge in [0.15, 0.2) is 0 Å². The standard InChI is InChI=1S/C14H22F2N2S/c1-2-18-9-11(7-13-4-3-5-19-13)6-12(10-18)17-8-14(15)16/h3-5,11-12,14,17H,2,6-10H2,1H3. The molecule has 2 atom stereocenters. The lowest BCUT2D eigenvalue weighted by Crippen LogP contribution is -2.50. The highest BCUT2D eigenvalue weighted by molar-refractivity contribution is 7.09. The predicted octanol–water partition coefficient (Wildman–Crippen LogP) is 2.86. The molecule has 1 N–H and O–H groups in total. The first-order valence-electron chi connectivity index (χ1n) is 6.93. The molecule has 2 nitrogen and oxygen atoms in total. The van der Waals surface area contributed by atoms with E-state index < -0.39 is 6.43 Å². The maximum absolute atomic E-state index is 12.3. The van der Waals surface area contributed by atoms with Crippen LogP contribution in [0.2, 0.25) is 0 Å². The summed E-state index contributed by atoms with van der Waals surface area (Å²) < 4.78 is 24.6. The van der Waals surface area contributed by atoms with Gasteiger partial charge in [-0.15, -0.1) is 11.3 Å². The molecule has 1 aliphatic heterocycles. The van der Waals surface area contributed by atoms with Gasteiger partial charge in [0.05, 0.1) is 6.54 Å². The largest absolute Gasteiger partial charge is 0.307 e. The zero-order valence-corrected chi connectivity index (χ0v) is 12.1. The van der Waals surface area contributed by atoms with Crippen molar-refractivity contribution in [2.75, 3.05) is 26.2 Å². The van der Waals surface area contributed by atoms with Crippen molar-refractivity contribution in [2.24, 2.45) is 5.92 Å². The molecule has 1 aliphatic rings. The van der Waals surface area contributed by atoms with E-state index in [-0.39, 0.29) is 12.6 Å². The number of nitrogens with one attached hydrogen (secondary N) is 1. The molecule has 0 amide bonds. The summed E-state index contributed by atoms with van der Waals surface area (Å²) in [5.41, 5.74) is 0. The highest BCUT2D eigenvalue weighted by Crippen LogP contribution is 2.23. The van der Waals surface area contributed by atoms with Gasteiger partial charge in [-0.2, -0.15) is 0 Å². The van der Waals surface area contributed by atoms with Gasteiger partial charge in [0.25, 0.3) is 6.43 Å². The van der Waals surface area contributed by atoms with Crippen molar-refractivity contribution < 1.29 is 8.78 Å². The van der Waals surface area contributed by atoms with Gasteiger partial charge >= 0.3 is 0 Å². The van der Waals surface area contributed by atoms with Gasteiger partial charge in [0.2, 0.25) is 0 Å². The van der Waals surface area contributed by atoms with E-state index in [1.54, 1.807) is 11.3 Å². The number of rotatable bonds is 6. The highest BCUT2D eigenvalue weighted by Gasteiger charge is 2.26. The zero-order valence-electron chi connectivity index (χ0n) is 11.3. The Morgan fingerprint density at radius 1 is 1.47 bits per heavy atom. The Hall–Kier alpha value is -0.520. The van der Waals surface area contributed by atoms with E-state index in [4.69, 9.17) is 0 Å². The summed E-state index contributed by atoms with van der Waals surface area (Å²) in [5.74, 6) is 0.572. The predicted molar refractivity (Wildman–Crippen MR) is 76.0 cm³/mol. The first-order chi connectivity index (χ1) is 9.17. The molecule has 2 rings (SSSR count). The number of halogens is 2. The second kappa shape index (κ2) is 7.31. The van der Waals surface area contributed by atoms with E-state index in [9.17, 15) is 8.78 Å². The molecule has 0 aliphatic carbocycles. The molecular formula is C14H22F2N2S. The Morgan fingerprint density at radius 2 is 2.32 bits per heavy atom. The van der Waals surface area contributed by atoms with Crippen molar-refractivity contribution in [1.29, 1.82) is 0 Å². The Balaban J connectivity index is 1.88. The summed E-state index contributed by atoms with van der Waals surface area (Å²) in [5, 5.41) is 5.11. The average Bonchev–Trinajstić information content (AvgIpc) is 2.89. The zero-order chi connectivity index (χ0) is 13.7. The number of piperidine rings is 1. The summed E-state index contributed by atoms with van der Waals surface area (Å²) in [6, 6.07) is 4.44. The van der Waals surface area contributed by atoms with Gasteiger partial charge in [-0.05, 0) is 36.8 Å². The van der Waals surface area contributed by atoms with Crippen molar-refractivity contribution in [3.63, 3.8) is 0 Å². The van der Waals surface area contributed by atoms with Crippen molar-refractivity contribution in [3.8, 4) is 0 Å². The van der Waals surface area contributed by atoms with Crippen LogP contribution in [0.5, 0.6) is 0 Å². The van der Waals surface area contributed by atoms with Crippen LogP contribution in [0.3, 0.4) is 0 Å². The molecule has 1 aromatic rings. The average molecular weight is 288 g/mol. The third-order valence-electron chi connectivity index (χ3n) is 3.69. The molecule has 2 heterocycles. The minimum Gasteiger partial charge on any atom is -0.307 e. The third kappa shape index (κ3) is 4.82. The second-order valence-electron chi connectivity index (χ2n) is 5.23. The lowest BCUT2D eigenvalue weighted by molar-refractivity contribution is 0.111. The molecule has 0 radical (unpaired) electrons. The number of hydrogen-bond donors (Lipinski definition) is 1. The van der Waals surface area contributed by atoms with E-state index in [0.29, 0.717) is 5.92 Å². The van der Waals surface area contributed by atoms with Crippen LogP contribution < -0.4 is 5.32 Å². The van der Waals surface area contributed by atoms with Crippen LogP contribution in [-0.2, 0) is 6.42 Å². The smallest absolute Gasteiger partial charge is 0.250 e. The van der Waals surface area contributed by atoms with Crippen LogP contribution in [0, 0.1) is 5.92 Å². The van der Waals surface area contributed by atoms with Crippen molar-refractivity contribution >= 4 is 11.3 Å². The van der Waals surface area contributed by atoms with E-state index >= 15 is 0 Å². The molecule has 19 heavy (non-hydrogen) atoms. The van der Waals surface area contributed by atoms with Crippen LogP contribution >= 0.6 is 11.3 Å². The summed E-state index contributed by atoms with van der Waals surface area (Å²) in [6.07, 6.45) is -0.185. The molecule has 0 saturated carbocycles. The van der Waals surface area contributed by atoms with Crippen molar-refractivity contribution in [1.82, 2.24) is 10.2 Å². The van der Waals surface area contributed by atoms with E-state index in [1.165, 1.54) is 4.88 Å². The lowest BCUT2D eigenvalue weighted by atomic mass is 9.91. The number of hydrogen-bond acceptors (Lipinski definition) is 3. The van der Waals surface area contributed by atoms with E-state index in [1.807, 2.05) is 0 Å². The maximum Gasteiger partial charge on any atom is 0.250 e. The van der Waals surface area contributed by atoms with Crippen LogP contribution in [0.4, 0.5) is 8.78 Å². The van der Waals surface area contributed by atoms with Gasteiger partial charge in [0.1, 0.15) is 0 Å². The molecule has 0 spiro atoms.